The Hall–Kier alpha value is -0.700. The molecule has 0 saturated heterocycles. The predicted octanol–water partition coefficient (Wildman–Crippen LogP) is 2.84. The van der Waals surface area contributed by atoms with Gasteiger partial charge >= 0.3 is 0 Å². The van der Waals surface area contributed by atoms with Crippen LogP contribution in [0.15, 0.2) is 11.6 Å². The summed E-state index contributed by atoms with van der Waals surface area (Å²) in [6.45, 7) is 2.14. The SMILES string of the molecule is CCCCCC(=O)Cc1nccs1. The molecule has 72 valence electrons. The van der Waals surface area contributed by atoms with Crippen LogP contribution in [-0.4, -0.2) is 10.8 Å². The van der Waals surface area contributed by atoms with E-state index in [2.05, 4.69) is 11.9 Å². The second kappa shape index (κ2) is 5.86. The van der Waals surface area contributed by atoms with E-state index in [0.717, 1.165) is 17.8 Å². The molecule has 0 amide bonds. The smallest absolute Gasteiger partial charge is 0.139 e. The van der Waals surface area contributed by atoms with Gasteiger partial charge in [0.25, 0.3) is 0 Å². The molecule has 1 heterocycles. The van der Waals surface area contributed by atoms with Gasteiger partial charge in [-0.2, -0.15) is 0 Å². The van der Waals surface area contributed by atoms with E-state index < -0.39 is 0 Å². The van der Waals surface area contributed by atoms with Gasteiger partial charge in [0.1, 0.15) is 5.78 Å². The van der Waals surface area contributed by atoms with Crippen molar-refractivity contribution >= 4 is 17.1 Å². The lowest BCUT2D eigenvalue weighted by Gasteiger charge is -1.96. The van der Waals surface area contributed by atoms with Crippen LogP contribution in [0.25, 0.3) is 0 Å². The van der Waals surface area contributed by atoms with Crippen LogP contribution >= 0.6 is 11.3 Å². The number of thiazole rings is 1. The number of hydrogen-bond acceptors (Lipinski definition) is 3. The van der Waals surface area contributed by atoms with Gasteiger partial charge in [-0.3, -0.25) is 4.79 Å². The van der Waals surface area contributed by atoms with Crippen LogP contribution in [0, 0.1) is 0 Å². The fourth-order valence-corrected chi connectivity index (χ4v) is 1.81. The molecule has 0 unspecified atom stereocenters. The zero-order valence-corrected chi connectivity index (χ0v) is 8.77. The van der Waals surface area contributed by atoms with Gasteiger partial charge in [0.15, 0.2) is 0 Å². The number of carbonyl (C=O) groups excluding carboxylic acids is 1. The zero-order valence-electron chi connectivity index (χ0n) is 7.95. The summed E-state index contributed by atoms with van der Waals surface area (Å²) in [5.74, 6) is 0.323. The number of hydrogen-bond donors (Lipinski definition) is 0. The molecule has 0 aliphatic heterocycles. The normalized spacial score (nSPS) is 10.2. The number of carbonyl (C=O) groups is 1. The molecule has 0 aromatic carbocycles. The molecule has 0 atom stereocenters. The zero-order chi connectivity index (χ0) is 9.52. The van der Waals surface area contributed by atoms with Crippen LogP contribution in [0.3, 0.4) is 0 Å². The summed E-state index contributed by atoms with van der Waals surface area (Å²) in [6, 6.07) is 0. The van der Waals surface area contributed by atoms with Crippen molar-refractivity contribution in [2.24, 2.45) is 0 Å². The highest BCUT2D eigenvalue weighted by molar-refractivity contribution is 7.09. The molecule has 0 fully saturated rings. The van der Waals surface area contributed by atoms with Gasteiger partial charge in [-0.1, -0.05) is 19.8 Å². The summed E-state index contributed by atoms with van der Waals surface area (Å²) in [5.41, 5.74) is 0. The molecule has 1 rings (SSSR count). The van der Waals surface area contributed by atoms with Crippen LogP contribution < -0.4 is 0 Å². The molecule has 0 radical (unpaired) electrons. The van der Waals surface area contributed by atoms with E-state index >= 15 is 0 Å². The van der Waals surface area contributed by atoms with E-state index in [1.807, 2.05) is 5.38 Å². The maximum absolute atomic E-state index is 11.4. The lowest BCUT2D eigenvalue weighted by molar-refractivity contribution is -0.118. The average molecular weight is 197 g/mol. The van der Waals surface area contributed by atoms with Gasteiger partial charge in [0.2, 0.25) is 0 Å². The average Bonchev–Trinajstić information content (AvgIpc) is 2.57. The highest BCUT2D eigenvalue weighted by Crippen LogP contribution is 2.08. The second-order valence-corrected chi connectivity index (χ2v) is 4.08. The molecule has 0 bridgehead atoms. The lowest BCUT2D eigenvalue weighted by atomic mass is 10.1. The minimum atomic E-state index is 0.323. The number of Topliss-reactive ketones (excluding diaryl/α,β-unsaturated/α-hetero) is 1. The molecule has 0 aliphatic rings. The van der Waals surface area contributed by atoms with Gasteiger partial charge in [0, 0.05) is 18.0 Å². The van der Waals surface area contributed by atoms with Gasteiger partial charge in [-0.25, -0.2) is 4.98 Å². The Kier molecular flexibility index (Phi) is 4.68. The lowest BCUT2D eigenvalue weighted by Crippen LogP contribution is -2.01. The van der Waals surface area contributed by atoms with Crippen LogP contribution in [0.5, 0.6) is 0 Å². The largest absolute Gasteiger partial charge is 0.299 e. The summed E-state index contributed by atoms with van der Waals surface area (Å²) in [5, 5.41) is 2.86. The maximum Gasteiger partial charge on any atom is 0.139 e. The fraction of sp³-hybridized carbons (Fsp3) is 0.600. The van der Waals surface area contributed by atoms with Crippen molar-refractivity contribution in [1.29, 1.82) is 0 Å². The van der Waals surface area contributed by atoms with Crippen molar-refractivity contribution in [3.63, 3.8) is 0 Å². The summed E-state index contributed by atoms with van der Waals surface area (Å²) >= 11 is 1.56. The first kappa shape index (κ1) is 10.4. The predicted molar refractivity (Wildman–Crippen MR) is 55.0 cm³/mol. The van der Waals surface area contributed by atoms with Crippen molar-refractivity contribution < 1.29 is 4.79 Å². The Balaban J connectivity index is 2.18. The summed E-state index contributed by atoms with van der Waals surface area (Å²) < 4.78 is 0. The van der Waals surface area contributed by atoms with Crippen LogP contribution in [0.2, 0.25) is 0 Å². The van der Waals surface area contributed by atoms with Crippen LogP contribution in [0.1, 0.15) is 37.6 Å². The summed E-state index contributed by atoms with van der Waals surface area (Å²) in [7, 11) is 0. The van der Waals surface area contributed by atoms with Crippen molar-refractivity contribution in [2.45, 2.75) is 39.0 Å². The Bertz CT molecular complexity index is 243. The van der Waals surface area contributed by atoms with E-state index in [4.69, 9.17) is 0 Å². The van der Waals surface area contributed by atoms with Crippen molar-refractivity contribution in [1.82, 2.24) is 4.98 Å². The van der Waals surface area contributed by atoms with E-state index in [0.29, 0.717) is 18.6 Å². The van der Waals surface area contributed by atoms with Crippen LogP contribution in [-0.2, 0) is 11.2 Å². The topological polar surface area (TPSA) is 30.0 Å². The van der Waals surface area contributed by atoms with Gasteiger partial charge in [-0.15, -0.1) is 11.3 Å². The van der Waals surface area contributed by atoms with Crippen molar-refractivity contribution in [3.05, 3.63) is 16.6 Å². The number of nitrogens with zero attached hydrogens (tertiary/aromatic N) is 1. The standard InChI is InChI=1S/C10H15NOS/c1-2-3-4-5-9(12)8-10-11-6-7-13-10/h6-7H,2-5,8H2,1H3. The van der Waals surface area contributed by atoms with Crippen LogP contribution in [0.4, 0.5) is 0 Å². The van der Waals surface area contributed by atoms with E-state index in [-0.39, 0.29) is 0 Å². The molecule has 13 heavy (non-hydrogen) atoms. The number of unbranched alkanes of at least 4 members (excludes halogenated alkanes) is 2. The van der Waals surface area contributed by atoms with Gasteiger partial charge in [-0.05, 0) is 6.42 Å². The summed E-state index contributed by atoms with van der Waals surface area (Å²) in [6.07, 6.45) is 6.35. The maximum atomic E-state index is 11.4. The second-order valence-electron chi connectivity index (χ2n) is 3.10. The molecular formula is C10H15NOS. The first-order valence-electron chi connectivity index (χ1n) is 4.73. The highest BCUT2D eigenvalue weighted by atomic mass is 32.1. The monoisotopic (exact) mass is 197 g/mol. The molecule has 2 nitrogen and oxygen atoms in total. The van der Waals surface area contributed by atoms with Gasteiger partial charge < -0.3 is 0 Å². The Labute approximate surface area is 83.0 Å². The third-order valence-corrected chi connectivity index (χ3v) is 2.67. The molecular weight excluding hydrogens is 182 g/mol. The van der Waals surface area contributed by atoms with E-state index in [1.54, 1.807) is 17.5 Å². The molecule has 3 heteroatoms. The minimum absolute atomic E-state index is 0.323. The first-order chi connectivity index (χ1) is 6.33. The third-order valence-electron chi connectivity index (χ3n) is 1.89. The number of aromatic nitrogens is 1. The molecule has 0 N–H and O–H groups in total. The Morgan fingerprint density at radius 1 is 1.54 bits per heavy atom. The third kappa shape index (κ3) is 4.18. The van der Waals surface area contributed by atoms with Gasteiger partial charge in [0.05, 0.1) is 11.4 Å². The first-order valence-corrected chi connectivity index (χ1v) is 5.61. The summed E-state index contributed by atoms with van der Waals surface area (Å²) in [4.78, 5) is 15.4. The fourth-order valence-electron chi connectivity index (χ4n) is 1.17. The Morgan fingerprint density at radius 2 is 2.38 bits per heavy atom. The molecule has 0 spiro atoms. The molecule has 0 saturated carbocycles. The number of ketones is 1. The quantitative estimate of drug-likeness (QED) is 0.656. The molecule has 0 aliphatic carbocycles. The van der Waals surface area contributed by atoms with Crippen molar-refractivity contribution in [3.8, 4) is 0 Å². The van der Waals surface area contributed by atoms with Crippen molar-refractivity contribution in [2.75, 3.05) is 0 Å². The number of rotatable bonds is 6. The van der Waals surface area contributed by atoms with E-state index in [1.165, 1.54) is 6.42 Å². The Morgan fingerprint density at radius 3 is 3.00 bits per heavy atom. The molecule has 1 aromatic rings. The van der Waals surface area contributed by atoms with E-state index in [9.17, 15) is 4.79 Å². The minimum Gasteiger partial charge on any atom is -0.299 e. The highest BCUT2D eigenvalue weighted by Gasteiger charge is 2.04. The molecule has 1 aromatic heterocycles.